The Labute approximate surface area is 158 Å². The van der Waals surface area contributed by atoms with E-state index in [2.05, 4.69) is 26.6 Å². The fourth-order valence-electron chi connectivity index (χ4n) is 2.14. The van der Waals surface area contributed by atoms with Crippen molar-refractivity contribution in [3.8, 4) is 5.75 Å². The molecule has 0 saturated carbocycles. The third-order valence-electron chi connectivity index (χ3n) is 3.37. The molecule has 2 aromatic carbocycles. The third-order valence-corrected chi connectivity index (χ3v) is 4.02. The van der Waals surface area contributed by atoms with Gasteiger partial charge in [0.25, 0.3) is 11.8 Å². The second kappa shape index (κ2) is 8.35. The molecule has 0 saturated heterocycles. The Morgan fingerprint density at radius 2 is 1.62 bits per heavy atom. The molecule has 0 fully saturated rings. The summed E-state index contributed by atoms with van der Waals surface area (Å²) in [5.74, 6) is 0.201. The molecule has 2 N–H and O–H groups in total. The average Bonchev–Trinajstić information content (AvgIpc) is 3.17. The molecule has 0 atom stereocenters. The van der Waals surface area contributed by atoms with Gasteiger partial charge in [-0.3, -0.25) is 9.59 Å². The quantitative estimate of drug-likeness (QED) is 0.629. The van der Waals surface area contributed by atoms with E-state index < -0.39 is 0 Å². The Morgan fingerprint density at radius 3 is 2.27 bits per heavy atom. The molecule has 1 heterocycles. The van der Waals surface area contributed by atoms with Crippen molar-refractivity contribution in [3.05, 3.63) is 77.2 Å². The molecule has 7 heteroatoms. The predicted molar refractivity (Wildman–Crippen MR) is 101 cm³/mol. The van der Waals surface area contributed by atoms with Crippen molar-refractivity contribution >= 4 is 39.1 Å². The van der Waals surface area contributed by atoms with Crippen molar-refractivity contribution in [2.45, 2.75) is 0 Å². The third kappa shape index (κ3) is 4.73. The van der Waals surface area contributed by atoms with Crippen LogP contribution in [0.15, 0.2) is 75.8 Å². The fraction of sp³-hybridized carbons (Fsp3) is 0.0526. The molecule has 0 aliphatic carbocycles. The van der Waals surface area contributed by atoms with E-state index in [0.717, 1.165) is 4.47 Å². The van der Waals surface area contributed by atoms with Crippen LogP contribution in [0.25, 0.3) is 0 Å². The van der Waals surface area contributed by atoms with Gasteiger partial charge in [-0.25, -0.2) is 0 Å². The number of anilines is 2. The van der Waals surface area contributed by atoms with Crippen LogP contribution >= 0.6 is 15.9 Å². The number of halogens is 1. The van der Waals surface area contributed by atoms with Gasteiger partial charge < -0.3 is 19.8 Å². The summed E-state index contributed by atoms with van der Waals surface area (Å²) < 4.78 is 11.3. The summed E-state index contributed by atoms with van der Waals surface area (Å²) in [7, 11) is 0. The molecular weight excluding hydrogens is 400 g/mol. The van der Waals surface area contributed by atoms with Gasteiger partial charge in [0.15, 0.2) is 12.4 Å². The maximum absolute atomic E-state index is 12.0. The van der Waals surface area contributed by atoms with Crippen LogP contribution in [0.1, 0.15) is 10.6 Å². The van der Waals surface area contributed by atoms with E-state index >= 15 is 0 Å². The molecule has 0 aliphatic rings. The molecule has 132 valence electrons. The summed E-state index contributed by atoms with van der Waals surface area (Å²) in [6.45, 7) is -0.112. The molecular formula is C19H15BrN2O4. The average molecular weight is 415 g/mol. The predicted octanol–water partition coefficient (Wildman–Crippen LogP) is 4.31. The van der Waals surface area contributed by atoms with Crippen molar-refractivity contribution in [2.75, 3.05) is 17.2 Å². The van der Waals surface area contributed by atoms with Crippen molar-refractivity contribution < 1.29 is 18.7 Å². The molecule has 3 aromatic rings. The highest BCUT2D eigenvalue weighted by atomic mass is 79.9. The van der Waals surface area contributed by atoms with Gasteiger partial charge in [-0.1, -0.05) is 12.1 Å². The van der Waals surface area contributed by atoms with Gasteiger partial charge in [-0.2, -0.15) is 0 Å². The van der Waals surface area contributed by atoms with Gasteiger partial charge >= 0.3 is 0 Å². The van der Waals surface area contributed by atoms with E-state index in [-0.39, 0.29) is 24.2 Å². The number of benzene rings is 2. The first-order valence-corrected chi connectivity index (χ1v) is 8.53. The normalized spacial score (nSPS) is 10.2. The number of carbonyl (C=O) groups excluding carboxylic acids is 2. The lowest BCUT2D eigenvalue weighted by molar-refractivity contribution is -0.118. The van der Waals surface area contributed by atoms with Gasteiger partial charge in [-0.15, -0.1) is 0 Å². The summed E-state index contributed by atoms with van der Waals surface area (Å²) in [5.41, 5.74) is 1.19. The monoisotopic (exact) mass is 414 g/mol. The maximum atomic E-state index is 12.0. The van der Waals surface area contributed by atoms with Crippen LogP contribution in [-0.2, 0) is 4.79 Å². The van der Waals surface area contributed by atoms with E-state index in [9.17, 15) is 9.59 Å². The lowest BCUT2D eigenvalue weighted by Gasteiger charge is -2.09. The van der Waals surface area contributed by atoms with Crippen LogP contribution in [0.3, 0.4) is 0 Å². The van der Waals surface area contributed by atoms with Crippen molar-refractivity contribution in [1.82, 2.24) is 0 Å². The zero-order valence-electron chi connectivity index (χ0n) is 13.6. The Hall–Kier alpha value is -3.06. The summed E-state index contributed by atoms with van der Waals surface area (Å²) in [4.78, 5) is 23.9. The first-order valence-electron chi connectivity index (χ1n) is 7.74. The largest absolute Gasteiger partial charge is 0.483 e. The van der Waals surface area contributed by atoms with Crippen LogP contribution in [-0.4, -0.2) is 18.4 Å². The molecule has 2 amide bonds. The number of amides is 2. The summed E-state index contributed by atoms with van der Waals surface area (Å²) >= 11 is 3.36. The van der Waals surface area contributed by atoms with Crippen LogP contribution < -0.4 is 15.4 Å². The second-order valence-corrected chi connectivity index (χ2v) is 6.13. The lowest BCUT2D eigenvalue weighted by atomic mass is 10.2. The van der Waals surface area contributed by atoms with E-state index in [1.54, 1.807) is 42.5 Å². The molecule has 0 aliphatic heterocycles. The summed E-state index contributed by atoms with van der Waals surface area (Å²) in [6, 6.07) is 17.3. The first-order chi connectivity index (χ1) is 12.6. The SMILES string of the molecule is O=C(COc1ccccc1Br)Nc1ccc(NC(=O)c2ccco2)cc1. The lowest BCUT2D eigenvalue weighted by Crippen LogP contribution is -2.20. The molecule has 26 heavy (non-hydrogen) atoms. The minimum atomic E-state index is -0.339. The molecule has 0 spiro atoms. The number of para-hydroxylation sites is 1. The second-order valence-electron chi connectivity index (χ2n) is 5.28. The molecule has 0 unspecified atom stereocenters. The van der Waals surface area contributed by atoms with Gasteiger partial charge in [0.05, 0.1) is 10.7 Å². The van der Waals surface area contributed by atoms with Crippen LogP contribution in [0.5, 0.6) is 5.75 Å². The van der Waals surface area contributed by atoms with Crippen molar-refractivity contribution in [2.24, 2.45) is 0 Å². The van der Waals surface area contributed by atoms with E-state index in [0.29, 0.717) is 17.1 Å². The molecule has 0 bridgehead atoms. The van der Waals surface area contributed by atoms with Gasteiger partial charge in [0.1, 0.15) is 5.75 Å². The van der Waals surface area contributed by atoms with E-state index in [4.69, 9.17) is 9.15 Å². The first kappa shape index (κ1) is 17.8. The van der Waals surface area contributed by atoms with Crippen molar-refractivity contribution in [3.63, 3.8) is 0 Å². The van der Waals surface area contributed by atoms with Gasteiger partial charge in [0, 0.05) is 11.4 Å². The fourth-order valence-corrected chi connectivity index (χ4v) is 2.54. The highest BCUT2D eigenvalue weighted by Crippen LogP contribution is 2.23. The minimum absolute atomic E-state index is 0.112. The van der Waals surface area contributed by atoms with Crippen LogP contribution in [0, 0.1) is 0 Å². The number of hydrogen-bond acceptors (Lipinski definition) is 4. The smallest absolute Gasteiger partial charge is 0.291 e. The summed E-state index contributed by atoms with van der Waals surface area (Å²) in [5, 5.41) is 5.43. The van der Waals surface area contributed by atoms with Crippen LogP contribution in [0.2, 0.25) is 0 Å². The Kier molecular flexibility index (Phi) is 5.70. The molecule has 1 aromatic heterocycles. The number of carbonyl (C=O) groups is 2. The Morgan fingerprint density at radius 1 is 0.923 bits per heavy atom. The molecule has 0 radical (unpaired) electrons. The number of furan rings is 1. The molecule has 3 rings (SSSR count). The van der Waals surface area contributed by atoms with E-state index in [1.807, 2.05) is 18.2 Å². The summed E-state index contributed by atoms with van der Waals surface area (Å²) in [6.07, 6.45) is 1.43. The highest BCUT2D eigenvalue weighted by molar-refractivity contribution is 9.10. The Balaban J connectivity index is 1.51. The van der Waals surface area contributed by atoms with Crippen LogP contribution in [0.4, 0.5) is 11.4 Å². The van der Waals surface area contributed by atoms with Gasteiger partial charge in [0.2, 0.25) is 0 Å². The minimum Gasteiger partial charge on any atom is -0.483 e. The number of nitrogens with one attached hydrogen (secondary N) is 2. The topological polar surface area (TPSA) is 80.6 Å². The number of hydrogen-bond donors (Lipinski definition) is 2. The van der Waals surface area contributed by atoms with Gasteiger partial charge in [-0.05, 0) is 64.5 Å². The highest BCUT2D eigenvalue weighted by Gasteiger charge is 2.09. The number of rotatable bonds is 6. The maximum Gasteiger partial charge on any atom is 0.291 e. The van der Waals surface area contributed by atoms with Crippen molar-refractivity contribution in [1.29, 1.82) is 0 Å². The Bertz CT molecular complexity index is 892. The zero-order valence-corrected chi connectivity index (χ0v) is 15.2. The van der Waals surface area contributed by atoms with E-state index in [1.165, 1.54) is 6.26 Å². The molecule has 6 nitrogen and oxygen atoms in total. The number of ether oxygens (including phenoxy) is 1. The standard InChI is InChI=1S/C19H15BrN2O4/c20-15-4-1-2-5-16(15)26-12-18(23)21-13-7-9-14(10-8-13)22-19(24)17-6-3-11-25-17/h1-11H,12H2,(H,21,23)(H,22,24). The zero-order chi connectivity index (χ0) is 18.4.